The third kappa shape index (κ3) is 3.06. The van der Waals surface area contributed by atoms with Crippen molar-refractivity contribution in [2.24, 2.45) is 0 Å². The molecule has 0 saturated heterocycles. The summed E-state index contributed by atoms with van der Waals surface area (Å²) in [5.41, 5.74) is 5.37. The van der Waals surface area contributed by atoms with Crippen LogP contribution in [0.2, 0.25) is 0 Å². The van der Waals surface area contributed by atoms with Crippen molar-refractivity contribution in [3.63, 3.8) is 0 Å². The molecule has 1 saturated carbocycles. The third-order valence-corrected chi connectivity index (χ3v) is 3.69. The van der Waals surface area contributed by atoms with Crippen molar-refractivity contribution in [3.8, 4) is 0 Å². The van der Waals surface area contributed by atoms with Gasteiger partial charge >= 0.3 is 0 Å². The first-order valence-corrected chi connectivity index (χ1v) is 7.21. The van der Waals surface area contributed by atoms with Crippen LogP contribution < -0.4 is 11.1 Å². The molecular formula is C17H15F2N3O. The van der Waals surface area contributed by atoms with Crippen molar-refractivity contribution in [2.75, 3.05) is 5.73 Å². The molecule has 118 valence electrons. The summed E-state index contributed by atoms with van der Waals surface area (Å²) in [5.74, 6) is -1.93. The zero-order valence-electron chi connectivity index (χ0n) is 12.2. The van der Waals surface area contributed by atoms with E-state index in [1.54, 1.807) is 0 Å². The number of halogens is 2. The highest BCUT2D eigenvalue weighted by Gasteiger charge is 2.27. The SMILES string of the molecule is N=C(c1cccc(F)c1)c1c(N)ccc(C(=O)NC2CC2)c1F. The lowest BCUT2D eigenvalue weighted by molar-refractivity contribution is 0.0947. The molecule has 1 amide bonds. The Morgan fingerprint density at radius 3 is 2.61 bits per heavy atom. The topological polar surface area (TPSA) is 79.0 Å². The lowest BCUT2D eigenvalue weighted by Crippen LogP contribution is -2.27. The summed E-state index contributed by atoms with van der Waals surface area (Å²) >= 11 is 0. The molecule has 0 unspecified atom stereocenters. The van der Waals surface area contributed by atoms with E-state index in [-0.39, 0.29) is 34.1 Å². The molecule has 2 aromatic carbocycles. The molecule has 23 heavy (non-hydrogen) atoms. The fraction of sp³-hybridized carbons (Fsp3) is 0.176. The second-order valence-corrected chi connectivity index (χ2v) is 5.52. The second kappa shape index (κ2) is 5.79. The molecule has 3 rings (SSSR count). The van der Waals surface area contributed by atoms with E-state index in [2.05, 4.69) is 5.32 Å². The smallest absolute Gasteiger partial charge is 0.254 e. The number of hydrogen-bond acceptors (Lipinski definition) is 3. The van der Waals surface area contributed by atoms with Gasteiger partial charge in [-0.25, -0.2) is 8.78 Å². The van der Waals surface area contributed by atoms with Gasteiger partial charge < -0.3 is 11.1 Å². The molecule has 0 heterocycles. The minimum absolute atomic E-state index is 0.0275. The van der Waals surface area contributed by atoms with E-state index in [0.717, 1.165) is 18.9 Å². The molecule has 1 aliphatic carbocycles. The molecule has 6 heteroatoms. The van der Waals surface area contributed by atoms with Crippen molar-refractivity contribution in [3.05, 3.63) is 64.7 Å². The molecule has 0 spiro atoms. The Morgan fingerprint density at radius 1 is 1.22 bits per heavy atom. The zero-order valence-corrected chi connectivity index (χ0v) is 12.2. The largest absolute Gasteiger partial charge is 0.398 e. The van der Waals surface area contributed by atoms with Crippen LogP contribution in [0.4, 0.5) is 14.5 Å². The first kappa shape index (κ1) is 15.1. The molecule has 1 aliphatic rings. The van der Waals surface area contributed by atoms with Crippen LogP contribution in [0.25, 0.3) is 0 Å². The van der Waals surface area contributed by atoms with Gasteiger partial charge in [0.05, 0.1) is 16.8 Å². The van der Waals surface area contributed by atoms with E-state index in [1.807, 2.05) is 0 Å². The molecule has 0 atom stereocenters. The highest BCUT2D eigenvalue weighted by Crippen LogP contribution is 2.25. The second-order valence-electron chi connectivity index (χ2n) is 5.52. The molecule has 0 bridgehead atoms. The van der Waals surface area contributed by atoms with E-state index in [1.165, 1.54) is 30.3 Å². The van der Waals surface area contributed by atoms with Crippen LogP contribution in [-0.2, 0) is 0 Å². The standard InChI is InChI=1S/C17H15F2N3O/c18-10-3-1-2-9(8-10)16(21)14-13(20)7-6-12(15(14)19)17(23)22-11-4-5-11/h1-3,6-8,11,21H,4-5,20H2,(H,22,23). The summed E-state index contributed by atoms with van der Waals surface area (Å²) in [6, 6.07) is 8.04. The summed E-state index contributed by atoms with van der Waals surface area (Å²) in [4.78, 5) is 12.1. The summed E-state index contributed by atoms with van der Waals surface area (Å²) in [5, 5.41) is 10.8. The van der Waals surface area contributed by atoms with Gasteiger partial charge in [-0.05, 0) is 37.1 Å². The van der Waals surface area contributed by atoms with Crippen molar-refractivity contribution in [1.82, 2.24) is 5.32 Å². The fourth-order valence-corrected chi connectivity index (χ4v) is 2.30. The van der Waals surface area contributed by atoms with Crippen molar-refractivity contribution in [2.45, 2.75) is 18.9 Å². The lowest BCUT2D eigenvalue weighted by atomic mass is 9.97. The number of amides is 1. The molecular weight excluding hydrogens is 300 g/mol. The summed E-state index contributed by atoms with van der Waals surface area (Å²) in [6.45, 7) is 0. The number of anilines is 1. The minimum Gasteiger partial charge on any atom is -0.398 e. The molecule has 4 nitrogen and oxygen atoms in total. The number of rotatable bonds is 4. The van der Waals surface area contributed by atoms with Gasteiger partial charge in [-0.3, -0.25) is 10.2 Å². The highest BCUT2D eigenvalue weighted by atomic mass is 19.1. The van der Waals surface area contributed by atoms with Crippen molar-refractivity contribution in [1.29, 1.82) is 5.41 Å². The molecule has 2 aromatic rings. The fourth-order valence-electron chi connectivity index (χ4n) is 2.30. The maximum Gasteiger partial charge on any atom is 0.254 e. The molecule has 0 radical (unpaired) electrons. The van der Waals surface area contributed by atoms with E-state index >= 15 is 0 Å². The van der Waals surface area contributed by atoms with Gasteiger partial charge in [0.25, 0.3) is 5.91 Å². The van der Waals surface area contributed by atoms with Crippen LogP contribution >= 0.6 is 0 Å². The van der Waals surface area contributed by atoms with Crippen LogP contribution in [0, 0.1) is 17.0 Å². The Balaban J connectivity index is 2.00. The maximum absolute atomic E-state index is 14.7. The number of nitrogens with one attached hydrogen (secondary N) is 2. The van der Waals surface area contributed by atoms with Crippen LogP contribution in [-0.4, -0.2) is 17.7 Å². The predicted molar refractivity (Wildman–Crippen MR) is 83.6 cm³/mol. The Bertz CT molecular complexity index is 800. The number of nitrogen functional groups attached to an aromatic ring is 1. The van der Waals surface area contributed by atoms with Crippen LogP contribution in [0.1, 0.15) is 34.3 Å². The van der Waals surface area contributed by atoms with Gasteiger partial charge in [-0.2, -0.15) is 0 Å². The zero-order chi connectivity index (χ0) is 16.6. The monoisotopic (exact) mass is 315 g/mol. The number of hydrogen-bond donors (Lipinski definition) is 3. The number of carbonyl (C=O) groups excluding carboxylic acids is 1. The van der Waals surface area contributed by atoms with Gasteiger partial charge in [0.1, 0.15) is 11.6 Å². The van der Waals surface area contributed by atoms with Crippen LogP contribution in [0.5, 0.6) is 0 Å². The van der Waals surface area contributed by atoms with Gasteiger partial charge in [0, 0.05) is 17.3 Å². The van der Waals surface area contributed by atoms with Crippen molar-refractivity contribution < 1.29 is 13.6 Å². The van der Waals surface area contributed by atoms with E-state index in [4.69, 9.17) is 11.1 Å². The van der Waals surface area contributed by atoms with Gasteiger partial charge in [0.15, 0.2) is 0 Å². The average molecular weight is 315 g/mol. The summed E-state index contributed by atoms with van der Waals surface area (Å²) in [6.07, 6.45) is 1.77. The molecule has 0 aliphatic heterocycles. The van der Waals surface area contributed by atoms with Crippen LogP contribution in [0.3, 0.4) is 0 Å². The molecule has 4 N–H and O–H groups in total. The third-order valence-electron chi connectivity index (χ3n) is 3.69. The van der Waals surface area contributed by atoms with Gasteiger partial charge in [-0.1, -0.05) is 12.1 Å². The quantitative estimate of drug-likeness (QED) is 0.599. The summed E-state index contributed by atoms with van der Waals surface area (Å²) < 4.78 is 28.0. The Morgan fingerprint density at radius 2 is 1.96 bits per heavy atom. The number of benzene rings is 2. The van der Waals surface area contributed by atoms with Crippen LogP contribution in [0.15, 0.2) is 36.4 Å². The average Bonchev–Trinajstić information content (AvgIpc) is 3.31. The first-order chi connectivity index (χ1) is 11.0. The number of nitrogens with two attached hydrogens (primary N) is 1. The van der Waals surface area contributed by atoms with Crippen molar-refractivity contribution >= 4 is 17.3 Å². The highest BCUT2D eigenvalue weighted by molar-refractivity contribution is 6.15. The molecule has 0 aromatic heterocycles. The predicted octanol–water partition coefficient (Wildman–Crippen LogP) is 2.86. The lowest BCUT2D eigenvalue weighted by Gasteiger charge is -2.13. The number of carbonyl (C=O) groups is 1. The van der Waals surface area contributed by atoms with E-state index in [0.29, 0.717) is 0 Å². The Hall–Kier alpha value is -2.76. The maximum atomic E-state index is 14.7. The molecule has 1 fully saturated rings. The van der Waals surface area contributed by atoms with Gasteiger partial charge in [0.2, 0.25) is 0 Å². The Labute approximate surface area is 131 Å². The summed E-state index contributed by atoms with van der Waals surface area (Å²) in [7, 11) is 0. The van der Waals surface area contributed by atoms with Gasteiger partial charge in [-0.15, -0.1) is 0 Å². The minimum atomic E-state index is -0.864. The first-order valence-electron chi connectivity index (χ1n) is 7.21. The van der Waals surface area contributed by atoms with E-state index in [9.17, 15) is 13.6 Å². The van der Waals surface area contributed by atoms with E-state index < -0.39 is 17.5 Å². The Kier molecular flexibility index (Phi) is 3.82. The normalized spacial score (nSPS) is 13.7.